The maximum atomic E-state index is 4.16. The molecule has 1 N–H and O–H groups in total. The van der Waals surface area contributed by atoms with Crippen LogP contribution in [-0.2, 0) is 13.5 Å². The monoisotopic (exact) mass is 209 g/mol. The molecule has 0 saturated carbocycles. The summed E-state index contributed by atoms with van der Waals surface area (Å²) < 4.78 is 1.86. The summed E-state index contributed by atoms with van der Waals surface area (Å²) in [6.45, 7) is 7.82. The highest BCUT2D eigenvalue weighted by molar-refractivity contribution is 5.03. The third kappa shape index (κ3) is 4.04. The number of rotatable bonds is 6. The van der Waals surface area contributed by atoms with Gasteiger partial charge in [0.05, 0.1) is 6.20 Å². The van der Waals surface area contributed by atoms with Gasteiger partial charge in [-0.2, -0.15) is 5.10 Å². The molecule has 0 spiro atoms. The molecule has 0 radical (unpaired) electrons. The van der Waals surface area contributed by atoms with Crippen LogP contribution in [0, 0.1) is 5.92 Å². The van der Waals surface area contributed by atoms with E-state index in [1.165, 1.54) is 12.0 Å². The summed E-state index contributed by atoms with van der Waals surface area (Å²) in [4.78, 5) is 0. The van der Waals surface area contributed by atoms with Crippen molar-refractivity contribution < 1.29 is 0 Å². The molecule has 0 amide bonds. The van der Waals surface area contributed by atoms with Crippen LogP contribution < -0.4 is 5.32 Å². The zero-order valence-corrected chi connectivity index (χ0v) is 10.3. The zero-order valence-electron chi connectivity index (χ0n) is 10.3. The van der Waals surface area contributed by atoms with Crippen LogP contribution >= 0.6 is 0 Å². The van der Waals surface area contributed by atoms with Crippen molar-refractivity contribution in [2.45, 2.75) is 39.7 Å². The quantitative estimate of drug-likeness (QED) is 0.776. The fraction of sp³-hybridized carbons (Fsp3) is 0.750. The minimum absolute atomic E-state index is 0.640. The minimum atomic E-state index is 0.640. The molecule has 0 aromatic carbocycles. The lowest BCUT2D eigenvalue weighted by Gasteiger charge is -2.20. The van der Waals surface area contributed by atoms with Crippen LogP contribution in [0.4, 0.5) is 0 Å². The Morgan fingerprint density at radius 3 is 2.67 bits per heavy atom. The lowest BCUT2D eigenvalue weighted by atomic mass is 10.0. The molecule has 0 aliphatic heterocycles. The molecular weight excluding hydrogens is 186 g/mol. The average molecular weight is 209 g/mol. The first-order valence-corrected chi connectivity index (χ1v) is 5.84. The normalized spacial score (nSPS) is 13.4. The van der Waals surface area contributed by atoms with Gasteiger partial charge in [0.25, 0.3) is 0 Å². The third-order valence-corrected chi connectivity index (χ3v) is 2.82. The van der Waals surface area contributed by atoms with E-state index in [2.05, 4.69) is 37.4 Å². The molecule has 15 heavy (non-hydrogen) atoms. The van der Waals surface area contributed by atoms with Gasteiger partial charge in [-0.05, 0) is 30.9 Å². The molecule has 1 aromatic rings. The Morgan fingerprint density at radius 1 is 1.47 bits per heavy atom. The highest BCUT2D eigenvalue weighted by Crippen LogP contribution is 2.05. The van der Waals surface area contributed by atoms with Gasteiger partial charge in [-0.1, -0.05) is 20.8 Å². The summed E-state index contributed by atoms with van der Waals surface area (Å²) in [5, 5.41) is 7.75. The van der Waals surface area contributed by atoms with Crippen LogP contribution in [0.5, 0.6) is 0 Å². The highest BCUT2D eigenvalue weighted by Gasteiger charge is 2.09. The van der Waals surface area contributed by atoms with Crippen LogP contribution in [0.1, 0.15) is 32.8 Å². The largest absolute Gasteiger partial charge is 0.313 e. The fourth-order valence-corrected chi connectivity index (χ4v) is 1.85. The van der Waals surface area contributed by atoms with Crippen molar-refractivity contribution in [3.63, 3.8) is 0 Å². The van der Waals surface area contributed by atoms with E-state index in [0.29, 0.717) is 12.0 Å². The van der Waals surface area contributed by atoms with E-state index >= 15 is 0 Å². The van der Waals surface area contributed by atoms with Gasteiger partial charge in [-0.25, -0.2) is 0 Å². The van der Waals surface area contributed by atoms with E-state index in [1.807, 2.05) is 17.9 Å². The Kier molecular flexibility index (Phi) is 4.82. The first-order chi connectivity index (χ1) is 7.13. The Labute approximate surface area is 92.9 Å². The van der Waals surface area contributed by atoms with Crippen LogP contribution in [0.25, 0.3) is 0 Å². The molecule has 1 rings (SSSR count). The van der Waals surface area contributed by atoms with Crippen molar-refractivity contribution in [2.24, 2.45) is 13.0 Å². The summed E-state index contributed by atoms with van der Waals surface area (Å²) >= 11 is 0. The van der Waals surface area contributed by atoms with E-state index in [4.69, 9.17) is 0 Å². The molecule has 3 nitrogen and oxygen atoms in total. The molecule has 1 aromatic heterocycles. The molecule has 0 aliphatic rings. The Bertz CT molecular complexity index is 278. The third-order valence-electron chi connectivity index (χ3n) is 2.82. The summed E-state index contributed by atoms with van der Waals surface area (Å²) in [6, 6.07) is 0.640. The molecule has 0 fully saturated rings. The number of aryl methyl sites for hydroxylation is 1. The molecular formula is C12H23N3. The van der Waals surface area contributed by atoms with Gasteiger partial charge in [0, 0.05) is 19.3 Å². The molecule has 1 atom stereocenters. The Hall–Kier alpha value is -0.830. The second-order valence-electron chi connectivity index (χ2n) is 4.49. The number of nitrogens with zero attached hydrogens (tertiary/aromatic N) is 2. The predicted octanol–water partition coefficient (Wildman–Crippen LogP) is 1.99. The Morgan fingerprint density at radius 2 is 2.20 bits per heavy atom. The standard InChI is InChI=1S/C12H23N3/c1-5-12(10(2)3)13-7-6-11-8-14-15(4)9-11/h8-10,12-13H,5-7H2,1-4H3. The van der Waals surface area contributed by atoms with Gasteiger partial charge < -0.3 is 5.32 Å². The van der Waals surface area contributed by atoms with Gasteiger partial charge in [-0.3, -0.25) is 4.68 Å². The summed E-state index contributed by atoms with van der Waals surface area (Å²) in [5.41, 5.74) is 1.31. The topological polar surface area (TPSA) is 29.9 Å². The summed E-state index contributed by atoms with van der Waals surface area (Å²) in [5.74, 6) is 0.712. The van der Waals surface area contributed by atoms with E-state index in [-0.39, 0.29) is 0 Å². The second-order valence-corrected chi connectivity index (χ2v) is 4.49. The second kappa shape index (κ2) is 5.91. The van der Waals surface area contributed by atoms with Crippen molar-refractivity contribution in [1.29, 1.82) is 0 Å². The van der Waals surface area contributed by atoms with Crippen molar-refractivity contribution in [2.75, 3.05) is 6.54 Å². The smallest absolute Gasteiger partial charge is 0.0522 e. The van der Waals surface area contributed by atoms with Gasteiger partial charge in [0.15, 0.2) is 0 Å². The highest BCUT2D eigenvalue weighted by atomic mass is 15.2. The Balaban J connectivity index is 2.26. The molecule has 0 aliphatic carbocycles. The van der Waals surface area contributed by atoms with Crippen LogP contribution in [0.15, 0.2) is 12.4 Å². The number of nitrogens with one attached hydrogen (secondary N) is 1. The number of hydrogen-bond acceptors (Lipinski definition) is 2. The molecule has 1 heterocycles. The van der Waals surface area contributed by atoms with Crippen LogP contribution in [-0.4, -0.2) is 22.4 Å². The predicted molar refractivity (Wildman–Crippen MR) is 63.8 cm³/mol. The maximum Gasteiger partial charge on any atom is 0.0522 e. The molecule has 0 bridgehead atoms. The molecule has 1 unspecified atom stereocenters. The molecule has 86 valence electrons. The molecule has 3 heteroatoms. The van der Waals surface area contributed by atoms with Crippen LogP contribution in [0.2, 0.25) is 0 Å². The summed E-state index contributed by atoms with van der Waals surface area (Å²) in [7, 11) is 1.96. The zero-order chi connectivity index (χ0) is 11.3. The van der Waals surface area contributed by atoms with Gasteiger partial charge in [0.1, 0.15) is 0 Å². The van der Waals surface area contributed by atoms with Crippen molar-refractivity contribution in [3.05, 3.63) is 18.0 Å². The van der Waals surface area contributed by atoms with E-state index in [0.717, 1.165) is 13.0 Å². The summed E-state index contributed by atoms with van der Waals surface area (Å²) in [6.07, 6.45) is 6.29. The van der Waals surface area contributed by atoms with E-state index in [9.17, 15) is 0 Å². The average Bonchev–Trinajstić information content (AvgIpc) is 2.58. The number of hydrogen-bond donors (Lipinski definition) is 1. The van der Waals surface area contributed by atoms with Crippen molar-refractivity contribution in [3.8, 4) is 0 Å². The lowest BCUT2D eigenvalue weighted by Crippen LogP contribution is -2.34. The van der Waals surface area contributed by atoms with Crippen molar-refractivity contribution >= 4 is 0 Å². The van der Waals surface area contributed by atoms with Gasteiger partial charge in [0.2, 0.25) is 0 Å². The van der Waals surface area contributed by atoms with Gasteiger partial charge in [-0.15, -0.1) is 0 Å². The SMILES string of the molecule is CCC(NCCc1cnn(C)c1)C(C)C. The fourth-order valence-electron chi connectivity index (χ4n) is 1.85. The van der Waals surface area contributed by atoms with E-state index < -0.39 is 0 Å². The first-order valence-electron chi connectivity index (χ1n) is 5.84. The maximum absolute atomic E-state index is 4.16. The minimum Gasteiger partial charge on any atom is -0.313 e. The lowest BCUT2D eigenvalue weighted by molar-refractivity contribution is 0.391. The van der Waals surface area contributed by atoms with Gasteiger partial charge >= 0.3 is 0 Å². The van der Waals surface area contributed by atoms with E-state index in [1.54, 1.807) is 0 Å². The molecule has 0 saturated heterocycles. The van der Waals surface area contributed by atoms with Crippen molar-refractivity contribution in [1.82, 2.24) is 15.1 Å². The number of aromatic nitrogens is 2. The van der Waals surface area contributed by atoms with Crippen LogP contribution in [0.3, 0.4) is 0 Å². The first kappa shape index (κ1) is 12.2.